The normalized spacial score (nSPS) is 11.0. The summed E-state index contributed by atoms with van der Waals surface area (Å²) in [7, 11) is 0. The number of aromatic nitrogens is 2. The highest BCUT2D eigenvalue weighted by atomic mass is 32.2. The Balaban J connectivity index is 2.87. The van der Waals surface area contributed by atoms with Gasteiger partial charge in [0, 0.05) is 12.0 Å². The van der Waals surface area contributed by atoms with Gasteiger partial charge in [-0.1, -0.05) is 0 Å². The summed E-state index contributed by atoms with van der Waals surface area (Å²) in [5.41, 5.74) is 1.04. The molecule has 0 saturated carbocycles. The molecule has 0 aliphatic carbocycles. The zero-order valence-corrected chi connectivity index (χ0v) is 7.65. The zero-order valence-electron chi connectivity index (χ0n) is 6.84. The number of aromatic amines is 1. The van der Waals surface area contributed by atoms with Crippen LogP contribution in [0.5, 0.6) is 0 Å². The van der Waals surface area contributed by atoms with E-state index in [0.717, 1.165) is 0 Å². The van der Waals surface area contributed by atoms with Crippen LogP contribution in [0.25, 0.3) is 10.9 Å². The van der Waals surface area contributed by atoms with Crippen molar-refractivity contribution in [1.29, 1.82) is 0 Å². The lowest BCUT2D eigenvalue weighted by atomic mass is 10.2. The van der Waals surface area contributed by atoms with Gasteiger partial charge in [-0.15, -0.1) is 0 Å². The van der Waals surface area contributed by atoms with Gasteiger partial charge < -0.3 is 4.55 Å². The maximum Gasteiger partial charge on any atom is 0.137 e. The van der Waals surface area contributed by atoms with Gasteiger partial charge in [-0.2, -0.15) is 5.10 Å². The van der Waals surface area contributed by atoms with Crippen LogP contribution in [0.3, 0.4) is 0 Å². The highest BCUT2D eigenvalue weighted by molar-refractivity contribution is 7.94. The number of hydrogen-bond acceptors (Lipinski definition) is 3. The van der Waals surface area contributed by atoms with Crippen molar-refractivity contribution in [3.8, 4) is 0 Å². The molecule has 1 aromatic carbocycles. The van der Waals surface area contributed by atoms with Gasteiger partial charge in [-0.25, -0.2) is 4.39 Å². The summed E-state index contributed by atoms with van der Waals surface area (Å²) >= 11 is 0.588. The lowest BCUT2D eigenvalue weighted by Gasteiger charge is -2.01. The lowest BCUT2D eigenvalue weighted by molar-refractivity contribution is 0.629. The van der Waals surface area contributed by atoms with Crippen LogP contribution in [0.15, 0.2) is 17.2 Å². The van der Waals surface area contributed by atoms with Crippen molar-refractivity contribution in [2.45, 2.75) is 11.8 Å². The molecule has 0 fully saturated rings. The lowest BCUT2D eigenvalue weighted by Crippen LogP contribution is -1.85. The van der Waals surface area contributed by atoms with Crippen molar-refractivity contribution in [2.24, 2.45) is 0 Å². The van der Waals surface area contributed by atoms with Gasteiger partial charge in [0.15, 0.2) is 0 Å². The van der Waals surface area contributed by atoms with Crippen molar-refractivity contribution >= 4 is 22.9 Å². The minimum Gasteiger partial charge on any atom is -0.325 e. The van der Waals surface area contributed by atoms with Crippen LogP contribution >= 0.6 is 12.0 Å². The molecule has 0 bridgehead atoms. The van der Waals surface area contributed by atoms with E-state index in [4.69, 9.17) is 4.55 Å². The second-order valence-electron chi connectivity index (χ2n) is 2.76. The average molecular weight is 198 g/mol. The van der Waals surface area contributed by atoms with Gasteiger partial charge in [0.05, 0.1) is 22.0 Å². The van der Waals surface area contributed by atoms with Gasteiger partial charge in [0.2, 0.25) is 0 Å². The van der Waals surface area contributed by atoms with E-state index in [-0.39, 0.29) is 5.82 Å². The number of H-pyrrole nitrogens is 1. The summed E-state index contributed by atoms with van der Waals surface area (Å²) in [6, 6.07) is 1.58. The second kappa shape index (κ2) is 3.01. The number of benzene rings is 1. The quantitative estimate of drug-likeness (QED) is 0.692. The molecular weight excluding hydrogens is 191 g/mol. The Morgan fingerprint density at radius 3 is 3.08 bits per heavy atom. The number of hydrogen-bond donors (Lipinski definition) is 2. The molecule has 2 rings (SSSR count). The minimum absolute atomic E-state index is 0.290. The number of halogens is 1. The first kappa shape index (κ1) is 8.52. The van der Waals surface area contributed by atoms with Gasteiger partial charge >= 0.3 is 0 Å². The summed E-state index contributed by atoms with van der Waals surface area (Å²) in [6.07, 6.45) is 1.41. The molecule has 0 spiro atoms. The topological polar surface area (TPSA) is 48.9 Å². The van der Waals surface area contributed by atoms with Gasteiger partial charge in [0.1, 0.15) is 5.82 Å². The van der Waals surface area contributed by atoms with Gasteiger partial charge in [0.25, 0.3) is 0 Å². The summed E-state index contributed by atoms with van der Waals surface area (Å²) in [4.78, 5) is 0.589. The Hall–Kier alpha value is -1.07. The third-order valence-electron chi connectivity index (χ3n) is 1.91. The minimum atomic E-state index is -0.290. The van der Waals surface area contributed by atoms with Gasteiger partial charge in [-0.05, 0) is 18.6 Å². The molecule has 68 valence electrons. The number of nitrogens with zero attached hydrogens (tertiary/aromatic N) is 1. The predicted octanol–water partition coefficient (Wildman–Crippen LogP) is 2.58. The van der Waals surface area contributed by atoms with Crippen LogP contribution in [-0.2, 0) is 0 Å². The first-order valence-electron chi connectivity index (χ1n) is 3.67. The fraction of sp³-hybridized carbons (Fsp3) is 0.125. The van der Waals surface area contributed by atoms with E-state index in [0.29, 0.717) is 33.4 Å². The van der Waals surface area contributed by atoms with E-state index in [9.17, 15) is 4.39 Å². The standard InChI is InChI=1S/C8H7FN2OS/c1-4-2-6(13-12)8-5(7(4)9)3-10-11-8/h2-3,12H,1H3,(H,10,11). The number of aryl methyl sites for hydroxylation is 1. The van der Waals surface area contributed by atoms with Crippen LogP contribution in [0.1, 0.15) is 5.56 Å². The monoisotopic (exact) mass is 198 g/mol. The van der Waals surface area contributed by atoms with Crippen molar-refractivity contribution in [3.05, 3.63) is 23.6 Å². The first-order valence-corrected chi connectivity index (χ1v) is 4.45. The molecule has 3 nitrogen and oxygen atoms in total. The molecule has 0 amide bonds. The van der Waals surface area contributed by atoms with Gasteiger partial charge in [-0.3, -0.25) is 5.10 Å². The number of fused-ring (bicyclic) bond motifs is 1. The third-order valence-corrected chi connectivity index (χ3v) is 2.43. The number of rotatable bonds is 1. The summed E-state index contributed by atoms with van der Waals surface area (Å²) < 4.78 is 22.3. The van der Waals surface area contributed by atoms with E-state index >= 15 is 0 Å². The Morgan fingerprint density at radius 2 is 2.38 bits per heavy atom. The molecular formula is C8H7FN2OS. The Bertz CT molecular complexity index is 455. The molecule has 0 unspecified atom stereocenters. The molecule has 0 atom stereocenters. The second-order valence-corrected chi connectivity index (χ2v) is 3.38. The van der Waals surface area contributed by atoms with Crippen molar-refractivity contribution in [1.82, 2.24) is 10.2 Å². The molecule has 0 aliphatic heterocycles. The molecule has 0 radical (unpaired) electrons. The molecule has 0 saturated heterocycles. The summed E-state index contributed by atoms with van der Waals surface area (Å²) in [6.45, 7) is 1.65. The molecule has 2 N–H and O–H groups in total. The van der Waals surface area contributed by atoms with Crippen LogP contribution in [-0.4, -0.2) is 14.8 Å². The molecule has 13 heavy (non-hydrogen) atoms. The van der Waals surface area contributed by atoms with E-state index in [2.05, 4.69) is 10.2 Å². The van der Waals surface area contributed by atoms with E-state index in [1.807, 2.05) is 0 Å². The first-order chi connectivity index (χ1) is 6.24. The SMILES string of the molecule is Cc1cc(SO)c2[nH]ncc2c1F. The molecule has 1 aromatic heterocycles. The van der Waals surface area contributed by atoms with E-state index < -0.39 is 0 Å². The average Bonchev–Trinajstić information content (AvgIpc) is 2.60. The fourth-order valence-corrected chi connectivity index (χ4v) is 1.73. The third kappa shape index (κ3) is 1.20. The summed E-state index contributed by atoms with van der Waals surface area (Å²) in [5, 5.41) is 6.77. The smallest absolute Gasteiger partial charge is 0.137 e. The Morgan fingerprint density at radius 1 is 1.62 bits per heavy atom. The van der Waals surface area contributed by atoms with E-state index in [1.54, 1.807) is 13.0 Å². The Labute approximate surface area is 78.2 Å². The largest absolute Gasteiger partial charge is 0.325 e. The molecule has 5 heteroatoms. The molecule has 2 aromatic rings. The maximum absolute atomic E-state index is 13.4. The fourth-order valence-electron chi connectivity index (χ4n) is 1.26. The van der Waals surface area contributed by atoms with Crippen LogP contribution in [0.2, 0.25) is 0 Å². The maximum atomic E-state index is 13.4. The predicted molar refractivity (Wildman–Crippen MR) is 49.3 cm³/mol. The van der Waals surface area contributed by atoms with E-state index in [1.165, 1.54) is 6.20 Å². The van der Waals surface area contributed by atoms with Crippen LogP contribution in [0, 0.1) is 12.7 Å². The van der Waals surface area contributed by atoms with Crippen molar-refractivity contribution in [2.75, 3.05) is 0 Å². The summed E-state index contributed by atoms with van der Waals surface area (Å²) in [5.74, 6) is -0.290. The molecule has 1 heterocycles. The highest BCUT2D eigenvalue weighted by Gasteiger charge is 2.10. The van der Waals surface area contributed by atoms with Crippen LogP contribution < -0.4 is 0 Å². The zero-order chi connectivity index (χ0) is 9.42. The van der Waals surface area contributed by atoms with Crippen LogP contribution in [0.4, 0.5) is 4.39 Å². The molecule has 0 aliphatic rings. The van der Waals surface area contributed by atoms with Crippen molar-refractivity contribution in [3.63, 3.8) is 0 Å². The Kier molecular flexibility index (Phi) is 1.97. The van der Waals surface area contributed by atoms with Crippen molar-refractivity contribution < 1.29 is 8.94 Å². The number of nitrogens with one attached hydrogen (secondary N) is 1. The highest BCUT2D eigenvalue weighted by Crippen LogP contribution is 2.28.